The Morgan fingerprint density at radius 2 is 2.00 bits per heavy atom. The molecule has 0 heterocycles. The van der Waals surface area contributed by atoms with Gasteiger partial charge in [0.1, 0.15) is 18.0 Å². The zero-order valence-corrected chi connectivity index (χ0v) is 15.1. The summed E-state index contributed by atoms with van der Waals surface area (Å²) >= 11 is 0. The smallest absolute Gasteiger partial charge is 0.264 e. The fourth-order valence-corrected chi connectivity index (χ4v) is 3.65. The fraction of sp³-hybridized carbons (Fsp3) is 0.571. The predicted octanol–water partition coefficient (Wildman–Crippen LogP) is 6.01. The maximum absolute atomic E-state index is 13.6. The van der Waals surface area contributed by atoms with Crippen LogP contribution in [0.1, 0.15) is 56.6 Å². The van der Waals surface area contributed by atoms with Crippen molar-refractivity contribution in [2.24, 2.45) is 11.8 Å². The summed E-state index contributed by atoms with van der Waals surface area (Å²) in [5.74, 6) is -0.201. The molecule has 1 aliphatic rings. The summed E-state index contributed by atoms with van der Waals surface area (Å²) in [6.07, 6.45) is 6.08. The van der Waals surface area contributed by atoms with Gasteiger partial charge in [0.2, 0.25) is 0 Å². The molecule has 1 unspecified atom stereocenters. The molecule has 5 heteroatoms. The number of hydrogen-bond acceptors (Lipinski definition) is 2. The summed E-state index contributed by atoms with van der Waals surface area (Å²) in [5.41, 5.74) is 0.405. The lowest BCUT2D eigenvalue weighted by Gasteiger charge is -2.33. The Morgan fingerprint density at radius 3 is 2.58 bits per heavy atom. The van der Waals surface area contributed by atoms with Gasteiger partial charge in [0.15, 0.2) is 0 Å². The maximum Gasteiger partial charge on any atom is 0.264 e. The second-order valence-corrected chi connectivity index (χ2v) is 6.96. The predicted molar refractivity (Wildman–Crippen MR) is 95.2 cm³/mol. The molecule has 1 aromatic rings. The number of halogens is 3. The molecule has 0 bridgehead atoms. The largest absolute Gasteiger partial charge is 0.367 e. The molecule has 0 N–H and O–H groups in total. The van der Waals surface area contributed by atoms with Crippen LogP contribution in [0.25, 0.3) is 0 Å². The first-order chi connectivity index (χ1) is 12.5. The van der Waals surface area contributed by atoms with E-state index in [4.69, 9.17) is 10.00 Å². The number of hydrogen-bond donors (Lipinski definition) is 0. The average molecular weight is 365 g/mol. The van der Waals surface area contributed by atoms with Gasteiger partial charge in [-0.25, -0.2) is 13.2 Å². The first-order valence-corrected chi connectivity index (χ1v) is 9.24. The van der Waals surface area contributed by atoms with E-state index in [9.17, 15) is 13.2 Å². The summed E-state index contributed by atoms with van der Waals surface area (Å²) < 4.78 is 46.1. The summed E-state index contributed by atoms with van der Waals surface area (Å²) in [7, 11) is 0. The molecule has 2 nitrogen and oxygen atoms in total. The molecule has 1 aliphatic carbocycles. The highest BCUT2D eigenvalue weighted by molar-refractivity contribution is 5.33. The van der Waals surface area contributed by atoms with Crippen LogP contribution in [0.2, 0.25) is 0 Å². The number of nitrogens with zero attached hydrogens (tertiary/aromatic N) is 1. The van der Waals surface area contributed by atoms with Gasteiger partial charge in [-0.3, -0.25) is 0 Å². The summed E-state index contributed by atoms with van der Waals surface area (Å²) in [4.78, 5) is 0. The second kappa shape index (κ2) is 10.4. The van der Waals surface area contributed by atoms with Crippen LogP contribution in [0.5, 0.6) is 0 Å². The van der Waals surface area contributed by atoms with Gasteiger partial charge in [-0.15, -0.1) is 0 Å². The molecule has 1 saturated carbocycles. The molecule has 0 aromatic heterocycles. The molecule has 1 aromatic carbocycles. The highest BCUT2D eigenvalue weighted by Crippen LogP contribution is 2.36. The van der Waals surface area contributed by atoms with Crippen molar-refractivity contribution in [3.63, 3.8) is 0 Å². The van der Waals surface area contributed by atoms with E-state index in [1.54, 1.807) is 12.1 Å². The lowest BCUT2D eigenvalue weighted by molar-refractivity contribution is -0.102. The van der Waals surface area contributed by atoms with Gasteiger partial charge in [-0.2, -0.15) is 5.26 Å². The van der Waals surface area contributed by atoms with Gasteiger partial charge >= 0.3 is 0 Å². The van der Waals surface area contributed by atoms with Crippen LogP contribution in [0.4, 0.5) is 13.2 Å². The Kier molecular flexibility index (Phi) is 8.18. The monoisotopic (exact) mass is 365 g/mol. The second-order valence-electron chi connectivity index (χ2n) is 6.96. The molecule has 1 atom stereocenters. The van der Waals surface area contributed by atoms with E-state index < -0.39 is 18.3 Å². The number of ether oxygens (including phenoxy) is 1. The molecule has 26 heavy (non-hydrogen) atoms. The van der Waals surface area contributed by atoms with Gasteiger partial charge in [0.05, 0.1) is 12.2 Å². The Hall–Kier alpha value is -1.80. The number of nitriles is 1. The molecular formula is C21H26F3NO. The van der Waals surface area contributed by atoms with E-state index in [0.717, 1.165) is 38.5 Å². The summed E-state index contributed by atoms with van der Waals surface area (Å²) in [6.45, 7) is 1.93. The fourth-order valence-electron chi connectivity index (χ4n) is 3.65. The maximum atomic E-state index is 13.6. The zero-order valence-electron chi connectivity index (χ0n) is 15.1. The van der Waals surface area contributed by atoms with E-state index in [-0.39, 0.29) is 18.1 Å². The standard InChI is InChI=1S/C21H26F3NO/c1-2-3-4-5-15-6-9-17(10-7-15)20(21(23)24)26-14-16-8-11-18(13-25)19(22)12-16/h2-3,8,11-12,15,17,20-21H,4-7,9-10,14H2,1H3/b3-2+. The third-order valence-electron chi connectivity index (χ3n) is 5.18. The first kappa shape index (κ1) is 20.5. The quantitative estimate of drug-likeness (QED) is 0.529. The molecule has 0 radical (unpaired) electrons. The molecule has 0 amide bonds. The highest BCUT2D eigenvalue weighted by atomic mass is 19.3. The van der Waals surface area contributed by atoms with Crippen molar-refractivity contribution in [1.82, 2.24) is 0 Å². The van der Waals surface area contributed by atoms with Crippen LogP contribution in [0.15, 0.2) is 30.4 Å². The van der Waals surface area contributed by atoms with Crippen LogP contribution >= 0.6 is 0 Å². The minimum Gasteiger partial charge on any atom is -0.367 e. The number of allylic oxidation sites excluding steroid dienone is 2. The molecule has 0 spiro atoms. The van der Waals surface area contributed by atoms with Crippen molar-refractivity contribution in [3.8, 4) is 6.07 Å². The van der Waals surface area contributed by atoms with E-state index in [2.05, 4.69) is 6.08 Å². The van der Waals surface area contributed by atoms with E-state index in [1.807, 2.05) is 13.0 Å². The lowest BCUT2D eigenvalue weighted by atomic mass is 9.77. The Morgan fingerprint density at radius 1 is 1.27 bits per heavy atom. The highest BCUT2D eigenvalue weighted by Gasteiger charge is 2.33. The van der Waals surface area contributed by atoms with Gasteiger partial charge in [0.25, 0.3) is 6.43 Å². The molecule has 0 saturated heterocycles. The van der Waals surface area contributed by atoms with Crippen molar-refractivity contribution in [3.05, 3.63) is 47.3 Å². The molecule has 1 fully saturated rings. The van der Waals surface area contributed by atoms with Gasteiger partial charge in [-0.1, -0.05) is 31.1 Å². The minimum absolute atomic E-state index is 0.0598. The summed E-state index contributed by atoms with van der Waals surface area (Å²) in [6, 6.07) is 5.81. The lowest BCUT2D eigenvalue weighted by Crippen LogP contribution is -2.34. The Labute approximate surface area is 153 Å². The van der Waals surface area contributed by atoms with Gasteiger partial charge in [-0.05, 0) is 62.1 Å². The molecule has 142 valence electrons. The van der Waals surface area contributed by atoms with Crippen molar-refractivity contribution >= 4 is 0 Å². The first-order valence-electron chi connectivity index (χ1n) is 9.24. The number of alkyl halides is 2. The third-order valence-corrected chi connectivity index (χ3v) is 5.18. The van der Waals surface area contributed by atoms with Crippen molar-refractivity contribution in [2.45, 2.75) is 64.6 Å². The van der Waals surface area contributed by atoms with Gasteiger partial charge < -0.3 is 4.74 Å². The van der Waals surface area contributed by atoms with Crippen LogP contribution in [0, 0.1) is 29.0 Å². The Bertz CT molecular complexity index is 631. The van der Waals surface area contributed by atoms with E-state index in [1.165, 1.54) is 12.1 Å². The van der Waals surface area contributed by atoms with E-state index >= 15 is 0 Å². The molecular weight excluding hydrogens is 339 g/mol. The normalized spacial score (nSPS) is 21.8. The van der Waals surface area contributed by atoms with E-state index in [0.29, 0.717) is 11.5 Å². The average Bonchev–Trinajstić information content (AvgIpc) is 2.63. The van der Waals surface area contributed by atoms with Crippen LogP contribution in [0.3, 0.4) is 0 Å². The van der Waals surface area contributed by atoms with Crippen molar-refractivity contribution < 1.29 is 17.9 Å². The summed E-state index contributed by atoms with van der Waals surface area (Å²) in [5, 5.41) is 8.74. The van der Waals surface area contributed by atoms with Crippen LogP contribution in [-0.4, -0.2) is 12.5 Å². The minimum atomic E-state index is -2.55. The molecule has 0 aliphatic heterocycles. The Balaban J connectivity index is 1.87. The van der Waals surface area contributed by atoms with Crippen molar-refractivity contribution in [1.29, 1.82) is 5.26 Å². The third kappa shape index (κ3) is 5.88. The zero-order chi connectivity index (χ0) is 18.9. The SMILES string of the molecule is C/C=C/CCC1CCC(C(OCc2ccc(C#N)c(F)c2)C(F)F)CC1. The van der Waals surface area contributed by atoms with Gasteiger partial charge in [0, 0.05) is 0 Å². The number of rotatable bonds is 8. The van der Waals surface area contributed by atoms with Crippen LogP contribution < -0.4 is 0 Å². The number of benzene rings is 1. The topological polar surface area (TPSA) is 33.0 Å². The van der Waals surface area contributed by atoms with Crippen molar-refractivity contribution in [2.75, 3.05) is 0 Å². The molecule has 2 rings (SSSR count). The van der Waals surface area contributed by atoms with Crippen LogP contribution in [-0.2, 0) is 11.3 Å².